The van der Waals surface area contributed by atoms with E-state index in [0.717, 1.165) is 32.6 Å². The normalized spacial score (nSPS) is 19.6. The Bertz CT molecular complexity index is 331. The molecule has 1 aromatic rings. The molecule has 0 amide bonds. The molecule has 0 radical (unpaired) electrons. The maximum absolute atomic E-state index is 5.51. The van der Waals surface area contributed by atoms with Crippen LogP contribution in [0.5, 0.6) is 0 Å². The summed E-state index contributed by atoms with van der Waals surface area (Å²) in [5, 5.41) is 3.66. The summed E-state index contributed by atoms with van der Waals surface area (Å²) in [5.41, 5.74) is 1.38. The van der Waals surface area contributed by atoms with Crippen molar-refractivity contribution in [1.29, 1.82) is 0 Å². The molecule has 3 heteroatoms. The minimum Gasteiger partial charge on any atom is -0.469 e. The third kappa shape index (κ3) is 3.11. The van der Waals surface area contributed by atoms with Crippen LogP contribution >= 0.6 is 0 Å². The molecule has 1 aromatic heterocycles. The van der Waals surface area contributed by atoms with E-state index < -0.39 is 0 Å². The number of rotatable bonds is 6. The second-order valence-corrected chi connectivity index (χ2v) is 4.72. The van der Waals surface area contributed by atoms with E-state index in [-0.39, 0.29) is 0 Å². The van der Waals surface area contributed by atoms with Gasteiger partial charge in [-0.1, -0.05) is 13.8 Å². The van der Waals surface area contributed by atoms with Gasteiger partial charge in [0.1, 0.15) is 5.76 Å². The summed E-state index contributed by atoms with van der Waals surface area (Å²) >= 11 is 0. The lowest BCUT2D eigenvalue weighted by molar-refractivity contribution is 0.291. The van der Waals surface area contributed by atoms with E-state index >= 15 is 0 Å². The van der Waals surface area contributed by atoms with Gasteiger partial charge in [-0.25, -0.2) is 0 Å². The fourth-order valence-electron chi connectivity index (χ4n) is 2.64. The van der Waals surface area contributed by atoms with Gasteiger partial charge in [-0.3, -0.25) is 0 Å². The minimum atomic E-state index is 0.507. The van der Waals surface area contributed by atoms with Gasteiger partial charge in [-0.2, -0.15) is 0 Å². The van der Waals surface area contributed by atoms with Crippen LogP contribution in [0.4, 0.5) is 0 Å². The Balaban J connectivity index is 1.81. The predicted octanol–water partition coefficient (Wildman–Crippen LogP) is 2.59. The van der Waals surface area contributed by atoms with Crippen LogP contribution < -0.4 is 5.32 Å². The molecule has 0 saturated carbocycles. The fraction of sp³-hybridized carbons (Fsp3) is 0.714. The lowest BCUT2D eigenvalue weighted by atomic mass is 9.93. The van der Waals surface area contributed by atoms with E-state index in [9.17, 15) is 0 Å². The molecule has 96 valence electrons. The van der Waals surface area contributed by atoms with E-state index in [1.807, 2.05) is 6.26 Å². The third-order valence-corrected chi connectivity index (χ3v) is 3.77. The predicted molar refractivity (Wildman–Crippen MR) is 70.2 cm³/mol. The van der Waals surface area contributed by atoms with Crippen LogP contribution in [-0.4, -0.2) is 31.1 Å². The molecule has 3 nitrogen and oxygen atoms in total. The lowest BCUT2D eigenvalue weighted by Gasteiger charge is -2.25. The second-order valence-electron chi connectivity index (χ2n) is 4.72. The van der Waals surface area contributed by atoms with Gasteiger partial charge in [0, 0.05) is 31.1 Å². The van der Waals surface area contributed by atoms with Crippen molar-refractivity contribution in [3.05, 3.63) is 23.7 Å². The van der Waals surface area contributed by atoms with Gasteiger partial charge in [0.2, 0.25) is 0 Å². The van der Waals surface area contributed by atoms with Crippen molar-refractivity contribution in [2.24, 2.45) is 0 Å². The van der Waals surface area contributed by atoms with Gasteiger partial charge in [0.15, 0.2) is 0 Å². The molecule has 0 aromatic carbocycles. The number of nitrogens with zero attached hydrogens (tertiary/aromatic N) is 1. The van der Waals surface area contributed by atoms with Crippen LogP contribution in [0.15, 0.2) is 16.7 Å². The topological polar surface area (TPSA) is 28.4 Å². The highest BCUT2D eigenvalue weighted by atomic mass is 16.3. The summed E-state index contributed by atoms with van der Waals surface area (Å²) in [4.78, 5) is 2.45. The molecule has 0 aliphatic heterocycles. The van der Waals surface area contributed by atoms with Crippen molar-refractivity contribution in [2.45, 2.75) is 39.2 Å². The van der Waals surface area contributed by atoms with Crippen molar-refractivity contribution in [2.75, 3.05) is 26.2 Å². The molecule has 1 heterocycles. The summed E-state index contributed by atoms with van der Waals surface area (Å²) in [6.07, 6.45) is 5.42. The molecule has 2 rings (SSSR count). The molecule has 0 saturated heterocycles. The van der Waals surface area contributed by atoms with Crippen LogP contribution in [0.2, 0.25) is 0 Å². The van der Waals surface area contributed by atoms with E-state index in [4.69, 9.17) is 4.42 Å². The average Bonchev–Trinajstić information content (AvgIpc) is 2.83. The number of furan rings is 1. The number of nitrogens with one attached hydrogen (secondary N) is 1. The summed E-state index contributed by atoms with van der Waals surface area (Å²) in [5.74, 6) is 1.19. The molecule has 1 N–H and O–H groups in total. The van der Waals surface area contributed by atoms with Gasteiger partial charge in [-0.05, 0) is 32.0 Å². The first-order valence-corrected chi connectivity index (χ1v) is 6.87. The number of hydrogen-bond donors (Lipinski definition) is 1. The summed E-state index contributed by atoms with van der Waals surface area (Å²) in [7, 11) is 0. The second kappa shape index (κ2) is 6.22. The largest absolute Gasteiger partial charge is 0.469 e. The molecule has 0 fully saturated rings. The molecular weight excluding hydrogens is 212 g/mol. The van der Waals surface area contributed by atoms with Gasteiger partial charge in [0.05, 0.1) is 6.26 Å². The maximum atomic E-state index is 5.51. The summed E-state index contributed by atoms with van der Waals surface area (Å²) < 4.78 is 5.51. The van der Waals surface area contributed by atoms with E-state index in [1.54, 1.807) is 0 Å². The first kappa shape index (κ1) is 12.7. The highest BCUT2D eigenvalue weighted by molar-refractivity contribution is 5.23. The smallest absolute Gasteiger partial charge is 0.108 e. The number of fused-ring (bicyclic) bond motifs is 1. The van der Waals surface area contributed by atoms with Gasteiger partial charge in [-0.15, -0.1) is 0 Å². The standard InChI is InChI=1S/C14H24N2O/c1-3-16(4-2)10-9-15-13-6-5-7-14-12(13)8-11-17-14/h8,11,13,15H,3-7,9-10H2,1-2H3. The Kier molecular flexibility index (Phi) is 4.63. The molecule has 17 heavy (non-hydrogen) atoms. The SMILES string of the molecule is CCN(CC)CCNC1CCCc2occc21. The van der Waals surface area contributed by atoms with E-state index in [0.29, 0.717) is 6.04 Å². The molecule has 1 aliphatic carbocycles. The highest BCUT2D eigenvalue weighted by Gasteiger charge is 2.21. The zero-order chi connectivity index (χ0) is 12.1. The lowest BCUT2D eigenvalue weighted by Crippen LogP contribution is -2.34. The molecular formula is C14H24N2O. The number of aryl methyl sites for hydroxylation is 1. The zero-order valence-corrected chi connectivity index (χ0v) is 11.0. The van der Waals surface area contributed by atoms with Gasteiger partial charge in [0.25, 0.3) is 0 Å². The van der Waals surface area contributed by atoms with E-state index in [1.165, 1.54) is 24.2 Å². The number of hydrogen-bond acceptors (Lipinski definition) is 3. The van der Waals surface area contributed by atoms with E-state index in [2.05, 4.69) is 30.1 Å². The van der Waals surface area contributed by atoms with Gasteiger partial charge < -0.3 is 14.6 Å². The quantitative estimate of drug-likeness (QED) is 0.823. The van der Waals surface area contributed by atoms with Crippen molar-refractivity contribution in [3.8, 4) is 0 Å². The Morgan fingerprint density at radius 1 is 1.41 bits per heavy atom. The first-order valence-electron chi connectivity index (χ1n) is 6.87. The zero-order valence-electron chi connectivity index (χ0n) is 11.0. The summed E-state index contributed by atoms with van der Waals surface area (Å²) in [6.45, 7) is 8.92. The third-order valence-electron chi connectivity index (χ3n) is 3.77. The minimum absolute atomic E-state index is 0.507. The van der Waals surface area contributed by atoms with Crippen LogP contribution in [0.3, 0.4) is 0 Å². The van der Waals surface area contributed by atoms with Crippen molar-refractivity contribution in [1.82, 2.24) is 10.2 Å². The first-order chi connectivity index (χ1) is 8.35. The Hall–Kier alpha value is -0.800. The highest BCUT2D eigenvalue weighted by Crippen LogP contribution is 2.30. The average molecular weight is 236 g/mol. The molecule has 0 bridgehead atoms. The maximum Gasteiger partial charge on any atom is 0.108 e. The van der Waals surface area contributed by atoms with Crippen LogP contribution in [0, 0.1) is 0 Å². The summed E-state index contributed by atoms with van der Waals surface area (Å²) in [6, 6.07) is 2.64. The Morgan fingerprint density at radius 2 is 2.24 bits per heavy atom. The van der Waals surface area contributed by atoms with Crippen molar-refractivity contribution >= 4 is 0 Å². The van der Waals surface area contributed by atoms with Crippen LogP contribution in [0.25, 0.3) is 0 Å². The number of likely N-dealkylation sites (N-methyl/N-ethyl adjacent to an activating group) is 1. The van der Waals surface area contributed by atoms with Crippen LogP contribution in [0.1, 0.15) is 44.1 Å². The monoisotopic (exact) mass is 236 g/mol. The van der Waals surface area contributed by atoms with Crippen molar-refractivity contribution in [3.63, 3.8) is 0 Å². The molecule has 1 atom stereocenters. The fourth-order valence-corrected chi connectivity index (χ4v) is 2.64. The molecule has 1 aliphatic rings. The Labute approximate surface area is 104 Å². The van der Waals surface area contributed by atoms with Gasteiger partial charge >= 0.3 is 0 Å². The molecule has 1 unspecified atom stereocenters. The Morgan fingerprint density at radius 3 is 3.00 bits per heavy atom. The van der Waals surface area contributed by atoms with Crippen LogP contribution in [-0.2, 0) is 6.42 Å². The molecule has 0 spiro atoms. The van der Waals surface area contributed by atoms with Crippen molar-refractivity contribution < 1.29 is 4.42 Å².